The van der Waals surface area contributed by atoms with Crippen LogP contribution in [0.1, 0.15) is 71.2 Å². The van der Waals surface area contributed by atoms with Crippen LogP contribution in [-0.4, -0.2) is 67.9 Å². The average Bonchev–Trinajstić information content (AvgIpc) is 3.42. The van der Waals surface area contributed by atoms with Crippen molar-refractivity contribution >= 4 is 22.5 Å². The Morgan fingerprint density at radius 3 is 2.49 bits per heavy atom. The average molecular weight is 537 g/mol. The van der Waals surface area contributed by atoms with E-state index in [0.29, 0.717) is 30.7 Å². The SMILES string of the molecule is CC(C)N(CCCCC(=O)Cc1ccc(C(C)(C)C)cc1)C[C@H]1O[C@@H](n2ccc3c(N)ccnc32)[C@@H](O)C1O. The number of ketones is 1. The fraction of sp³-hybridized carbons (Fsp3) is 0.548. The van der Waals surface area contributed by atoms with Crippen molar-refractivity contribution in [2.45, 2.75) is 96.3 Å². The lowest BCUT2D eigenvalue weighted by Crippen LogP contribution is -2.43. The van der Waals surface area contributed by atoms with Crippen molar-refractivity contribution in [1.82, 2.24) is 14.5 Å². The summed E-state index contributed by atoms with van der Waals surface area (Å²) in [5, 5.41) is 22.4. The Kier molecular flexibility index (Phi) is 9.11. The molecule has 4 N–H and O–H groups in total. The molecule has 3 heterocycles. The van der Waals surface area contributed by atoms with Crippen LogP contribution in [0, 0.1) is 0 Å². The third kappa shape index (κ3) is 6.87. The van der Waals surface area contributed by atoms with Gasteiger partial charge in [0.2, 0.25) is 0 Å². The highest BCUT2D eigenvalue weighted by Gasteiger charge is 2.44. The van der Waals surface area contributed by atoms with Gasteiger partial charge in [0.05, 0.1) is 0 Å². The first kappa shape index (κ1) is 29.2. The molecule has 0 amide bonds. The van der Waals surface area contributed by atoms with Crippen molar-refractivity contribution in [2.24, 2.45) is 0 Å². The third-order valence-electron chi connectivity index (χ3n) is 7.78. The number of benzene rings is 1. The molecule has 39 heavy (non-hydrogen) atoms. The van der Waals surface area contributed by atoms with Gasteiger partial charge in [0.1, 0.15) is 29.7 Å². The van der Waals surface area contributed by atoms with Crippen molar-refractivity contribution in [2.75, 3.05) is 18.8 Å². The molecule has 0 bridgehead atoms. The van der Waals surface area contributed by atoms with Crippen molar-refractivity contribution in [1.29, 1.82) is 0 Å². The van der Waals surface area contributed by atoms with E-state index in [1.165, 1.54) is 5.56 Å². The molecular formula is C31H44N4O4. The number of carbonyl (C=O) groups is 1. The number of ether oxygens (including phenoxy) is 1. The van der Waals surface area contributed by atoms with Crippen LogP contribution in [0.3, 0.4) is 0 Å². The molecule has 1 fully saturated rings. The molecular weight excluding hydrogens is 492 g/mol. The summed E-state index contributed by atoms with van der Waals surface area (Å²) in [6, 6.07) is 12.2. The largest absolute Gasteiger partial charge is 0.398 e. The van der Waals surface area contributed by atoms with E-state index >= 15 is 0 Å². The predicted octanol–water partition coefficient (Wildman–Crippen LogP) is 4.23. The van der Waals surface area contributed by atoms with Gasteiger partial charge in [-0.1, -0.05) is 45.0 Å². The van der Waals surface area contributed by atoms with E-state index in [-0.39, 0.29) is 17.2 Å². The predicted molar refractivity (Wildman–Crippen MR) is 154 cm³/mol. The fourth-order valence-electron chi connectivity index (χ4n) is 5.26. The molecule has 1 unspecified atom stereocenters. The second-order valence-electron chi connectivity index (χ2n) is 12.1. The molecule has 1 aliphatic heterocycles. The lowest BCUT2D eigenvalue weighted by molar-refractivity contribution is -0.118. The van der Waals surface area contributed by atoms with E-state index in [4.69, 9.17) is 10.5 Å². The Morgan fingerprint density at radius 1 is 1.10 bits per heavy atom. The first-order valence-electron chi connectivity index (χ1n) is 14.0. The van der Waals surface area contributed by atoms with Gasteiger partial charge in [-0.2, -0.15) is 0 Å². The first-order valence-corrected chi connectivity index (χ1v) is 14.0. The summed E-state index contributed by atoms with van der Waals surface area (Å²) in [6.07, 6.45) is 2.69. The Balaban J connectivity index is 1.27. The molecule has 2 aromatic heterocycles. The van der Waals surface area contributed by atoms with E-state index in [2.05, 4.69) is 68.8 Å². The molecule has 8 heteroatoms. The first-order chi connectivity index (χ1) is 18.5. The van der Waals surface area contributed by atoms with Crippen molar-refractivity contribution in [3.63, 3.8) is 0 Å². The monoisotopic (exact) mass is 536 g/mol. The number of nitrogens with two attached hydrogens (primary N) is 1. The van der Waals surface area contributed by atoms with Gasteiger partial charge < -0.3 is 25.3 Å². The number of nitrogens with zero attached hydrogens (tertiary/aromatic N) is 3. The molecule has 0 radical (unpaired) electrons. The summed E-state index contributed by atoms with van der Waals surface area (Å²) < 4.78 is 7.92. The number of hydrogen-bond donors (Lipinski definition) is 3. The van der Waals surface area contributed by atoms with Crippen molar-refractivity contribution < 1.29 is 19.7 Å². The fourth-order valence-corrected chi connectivity index (χ4v) is 5.26. The second kappa shape index (κ2) is 12.2. The number of aliphatic hydroxyl groups excluding tert-OH is 2. The maximum Gasteiger partial charge on any atom is 0.164 e. The van der Waals surface area contributed by atoms with Gasteiger partial charge in [-0.3, -0.25) is 9.69 Å². The highest BCUT2D eigenvalue weighted by Crippen LogP contribution is 2.33. The Morgan fingerprint density at radius 2 is 1.82 bits per heavy atom. The number of pyridine rings is 1. The lowest BCUT2D eigenvalue weighted by Gasteiger charge is -2.30. The third-order valence-corrected chi connectivity index (χ3v) is 7.78. The van der Waals surface area contributed by atoms with Crippen LogP contribution in [0.4, 0.5) is 5.69 Å². The van der Waals surface area contributed by atoms with Crippen LogP contribution >= 0.6 is 0 Å². The molecule has 0 spiro atoms. The maximum atomic E-state index is 12.6. The number of unbranched alkanes of at least 4 members (excludes halogenated alkanes) is 1. The van der Waals surface area contributed by atoms with E-state index in [0.717, 1.165) is 30.3 Å². The minimum atomic E-state index is -1.09. The number of aromatic nitrogens is 2. The van der Waals surface area contributed by atoms with Crippen LogP contribution in [-0.2, 0) is 21.4 Å². The number of Topliss-reactive ketones (excluding diaryl/α,β-unsaturated/α-hetero) is 1. The molecule has 4 rings (SSSR count). The summed E-state index contributed by atoms with van der Waals surface area (Å²) in [5.74, 6) is 0.253. The van der Waals surface area contributed by atoms with Gasteiger partial charge in [0.25, 0.3) is 0 Å². The second-order valence-corrected chi connectivity index (χ2v) is 12.1. The summed E-state index contributed by atoms with van der Waals surface area (Å²) in [5.41, 5.74) is 9.71. The van der Waals surface area contributed by atoms with Crippen molar-refractivity contribution in [3.05, 3.63) is 59.9 Å². The molecule has 8 nitrogen and oxygen atoms in total. The standard InChI is InChI=1S/C31H44N4O4/c1-20(2)34(16-7-6-8-23(36)18-21-9-11-22(12-10-21)31(3,4)5)19-26-27(37)28(38)30(39-26)35-17-14-24-25(32)13-15-33-29(24)35/h9-15,17,20,26-28,30,37-38H,6-8,16,18-19H2,1-5H3,(H2,32,33)/t26-,27?,28+,30-/m1/s1. The molecule has 1 aliphatic rings. The minimum absolute atomic E-state index is 0.103. The highest BCUT2D eigenvalue weighted by atomic mass is 16.6. The zero-order chi connectivity index (χ0) is 28.3. The van der Waals surface area contributed by atoms with Crippen LogP contribution in [0.5, 0.6) is 0 Å². The molecule has 0 aliphatic carbocycles. The summed E-state index contributed by atoms with van der Waals surface area (Å²) in [4.78, 5) is 19.2. The minimum Gasteiger partial charge on any atom is -0.398 e. The topological polar surface area (TPSA) is 114 Å². The van der Waals surface area contributed by atoms with Crippen LogP contribution < -0.4 is 5.73 Å². The van der Waals surface area contributed by atoms with Crippen molar-refractivity contribution in [3.8, 4) is 0 Å². The van der Waals surface area contributed by atoms with Gasteiger partial charge >= 0.3 is 0 Å². The van der Waals surface area contributed by atoms with E-state index in [1.807, 2.05) is 6.07 Å². The molecule has 3 aromatic rings. The Labute approximate surface area is 231 Å². The van der Waals surface area contributed by atoms with Gasteiger partial charge in [-0.05, 0) is 61.9 Å². The van der Waals surface area contributed by atoms with Crippen LogP contribution in [0.25, 0.3) is 11.0 Å². The summed E-state index contributed by atoms with van der Waals surface area (Å²) >= 11 is 0. The number of rotatable bonds is 11. The van der Waals surface area contributed by atoms with Crippen LogP contribution in [0.2, 0.25) is 0 Å². The lowest BCUT2D eigenvalue weighted by atomic mass is 9.86. The molecule has 0 saturated carbocycles. The Bertz CT molecular complexity index is 1250. The van der Waals surface area contributed by atoms with Gasteiger partial charge in [0.15, 0.2) is 6.23 Å². The smallest absolute Gasteiger partial charge is 0.164 e. The number of carbonyl (C=O) groups excluding carboxylic acids is 1. The highest BCUT2D eigenvalue weighted by molar-refractivity contribution is 5.88. The number of fused-ring (bicyclic) bond motifs is 1. The molecule has 1 aromatic carbocycles. The molecule has 212 valence electrons. The van der Waals surface area contributed by atoms with E-state index in [9.17, 15) is 15.0 Å². The van der Waals surface area contributed by atoms with Gasteiger partial charge in [-0.15, -0.1) is 0 Å². The maximum absolute atomic E-state index is 12.6. The number of anilines is 1. The summed E-state index contributed by atoms with van der Waals surface area (Å²) in [6.45, 7) is 12.0. The number of aliphatic hydroxyl groups is 2. The van der Waals surface area contributed by atoms with Crippen LogP contribution in [0.15, 0.2) is 48.8 Å². The molecule has 1 saturated heterocycles. The normalized spacial score (nSPS) is 21.9. The quantitative estimate of drug-likeness (QED) is 0.314. The van der Waals surface area contributed by atoms with E-state index < -0.39 is 24.5 Å². The zero-order valence-corrected chi connectivity index (χ0v) is 23.9. The molecule has 4 atom stereocenters. The zero-order valence-electron chi connectivity index (χ0n) is 23.9. The van der Waals surface area contributed by atoms with Gasteiger partial charge in [0, 0.05) is 48.9 Å². The van der Waals surface area contributed by atoms with E-state index in [1.54, 1.807) is 23.0 Å². The number of nitrogen functional groups attached to an aromatic ring is 1. The number of hydrogen-bond acceptors (Lipinski definition) is 7. The Hall–Kier alpha value is -2.78. The van der Waals surface area contributed by atoms with Gasteiger partial charge in [-0.25, -0.2) is 4.98 Å². The summed E-state index contributed by atoms with van der Waals surface area (Å²) in [7, 11) is 0.